The summed E-state index contributed by atoms with van der Waals surface area (Å²) < 4.78 is 74.5. The van der Waals surface area contributed by atoms with E-state index in [4.69, 9.17) is 0 Å². The molecule has 0 saturated carbocycles. The highest BCUT2D eigenvalue weighted by molar-refractivity contribution is 5.85. The molecule has 1 amide bonds. The minimum Gasteiger partial charge on any atom is -0.371 e. The lowest BCUT2D eigenvalue weighted by molar-refractivity contribution is -0.163. The van der Waals surface area contributed by atoms with Gasteiger partial charge in [0.1, 0.15) is 19.1 Å². The molecule has 1 aromatic heterocycles. The molecule has 11 heteroatoms. The zero-order valence-corrected chi connectivity index (χ0v) is 11.8. The topological polar surface area (TPSA) is 50.2 Å². The van der Waals surface area contributed by atoms with Crippen LogP contribution in [0, 0.1) is 0 Å². The van der Waals surface area contributed by atoms with Crippen molar-refractivity contribution in [3.8, 4) is 0 Å². The number of nitrogens with one attached hydrogen (secondary N) is 1. The maximum absolute atomic E-state index is 12.4. The Morgan fingerprint density at radius 1 is 1.17 bits per heavy atom. The Labute approximate surface area is 127 Å². The summed E-state index contributed by atoms with van der Waals surface area (Å²) in [4.78, 5) is 12.7. The van der Waals surface area contributed by atoms with Gasteiger partial charge >= 0.3 is 12.4 Å². The van der Waals surface area contributed by atoms with Gasteiger partial charge in [-0.05, 0) is 12.8 Å². The van der Waals surface area contributed by atoms with Crippen molar-refractivity contribution >= 4 is 11.6 Å². The second kappa shape index (κ2) is 6.28. The van der Waals surface area contributed by atoms with Crippen LogP contribution in [0.3, 0.4) is 0 Å². The van der Waals surface area contributed by atoms with E-state index in [1.54, 1.807) is 0 Å². The number of aromatic nitrogens is 2. The third-order valence-corrected chi connectivity index (χ3v) is 3.22. The molecular weight excluding hydrogens is 330 g/mol. The van der Waals surface area contributed by atoms with Gasteiger partial charge in [0.15, 0.2) is 0 Å². The van der Waals surface area contributed by atoms with E-state index in [0.717, 1.165) is 12.4 Å². The van der Waals surface area contributed by atoms with E-state index in [2.05, 4.69) is 10.4 Å². The smallest absolute Gasteiger partial charge is 0.371 e. The number of amides is 1. The maximum Gasteiger partial charge on any atom is 0.408 e. The van der Waals surface area contributed by atoms with Gasteiger partial charge in [-0.1, -0.05) is 0 Å². The molecule has 0 aromatic carbocycles. The van der Waals surface area contributed by atoms with Gasteiger partial charge in [-0.3, -0.25) is 9.48 Å². The van der Waals surface area contributed by atoms with Crippen LogP contribution in [0.5, 0.6) is 0 Å². The Hall–Kier alpha value is -1.94. The van der Waals surface area contributed by atoms with Gasteiger partial charge in [0.2, 0.25) is 5.91 Å². The minimum absolute atomic E-state index is 0.00383. The van der Waals surface area contributed by atoms with Crippen LogP contribution >= 0.6 is 0 Å². The van der Waals surface area contributed by atoms with Crippen molar-refractivity contribution in [3.63, 3.8) is 0 Å². The molecule has 1 atom stereocenters. The van der Waals surface area contributed by atoms with Crippen LogP contribution in [0.4, 0.5) is 32.0 Å². The van der Waals surface area contributed by atoms with E-state index < -0.39 is 37.4 Å². The first kappa shape index (κ1) is 17.4. The number of halogens is 6. The van der Waals surface area contributed by atoms with Gasteiger partial charge in [-0.25, -0.2) is 0 Å². The highest BCUT2D eigenvalue weighted by Crippen LogP contribution is 2.23. The Morgan fingerprint density at radius 2 is 1.83 bits per heavy atom. The van der Waals surface area contributed by atoms with Crippen LogP contribution in [-0.4, -0.2) is 52.1 Å². The summed E-state index contributed by atoms with van der Waals surface area (Å²) in [6.07, 6.45) is -6.10. The van der Waals surface area contributed by atoms with Gasteiger partial charge in [-0.2, -0.15) is 31.4 Å². The fourth-order valence-electron chi connectivity index (χ4n) is 2.36. The molecule has 23 heavy (non-hydrogen) atoms. The fourth-order valence-corrected chi connectivity index (χ4v) is 2.36. The van der Waals surface area contributed by atoms with Crippen LogP contribution < -0.4 is 5.32 Å². The number of likely N-dealkylation sites (tertiary alicyclic amines) is 1. The molecule has 5 nitrogen and oxygen atoms in total. The third kappa shape index (κ3) is 5.32. The van der Waals surface area contributed by atoms with E-state index >= 15 is 0 Å². The molecule has 1 aliphatic heterocycles. The first-order valence-electron chi connectivity index (χ1n) is 6.75. The standard InChI is InChI=1S/C12H14F6N4O/c13-11(14,15)6-21-3-1-2-9(10(21)23)20-8-4-19-22(5-8)7-12(16,17)18/h4-5,9,20H,1-3,6-7H2/t9-/m0/s1. The van der Waals surface area contributed by atoms with E-state index in [1.807, 2.05) is 0 Å². The summed E-state index contributed by atoms with van der Waals surface area (Å²) in [5, 5.41) is 6.14. The number of alkyl halides is 6. The van der Waals surface area contributed by atoms with Crippen LogP contribution in [0.15, 0.2) is 12.4 Å². The van der Waals surface area contributed by atoms with Crippen LogP contribution in [0.1, 0.15) is 12.8 Å². The summed E-state index contributed by atoms with van der Waals surface area (Å²) >= 11 is 0. The minimum atomic E-state index is -4.49. The number of anilines is 1. The average Bonchev–Trinajstić information content (AvgIpc) is 2.77. The number of hydrogen-bond acceptors (Lipinski definition) is 3. The molecule has 1 saturated heterocycles. The predicted octanol–water partition coefficient (Wildman–Crippen LogP) is 2.41. The molecule has 0 bridgehead atoms. The zero-order chi connectivity index (χ0) is 17.3. The van der Waals surface area contributed by atoms with E-state index in [-0.39, 0.29) is 12.2 Å². The number of carbonyl (C=O) groups is 1. The molecule has 1 aromatic rings. The summed E-state index contributed by atoms with van der Waals surface area (Å²) in [7, 11) is 0. The molecule has 1 N–H and O–H groups in total. The van der Waals surface area contributed by atoms with E-state index in [1.165, 1.54) is 0 Å². The Kier molecular flexibility index (Phi) is 4.76. The molecule has 0 aliphatic carbocycles. The Balaban J connectivity index is 1.98. The quantitative estimate of drug-likeness (QED) is 0.854. The molecular formula is C12H14F6N4O. The third-order valence-electron chi connectivity index (χ3n) is 3.22. The van der Waals surface area contributed by atoms with Crippen molar-refractivity contribution in [1.82, 2.24) is 14.7 Å². The summed E-state index contributed by atoms with van der Waals surface area (Å²) in [6.45, 7) is -2.62. The van der Waals surface area contributed by atoms with Gasteiger partial charge in [0, 0.05) is 12.7 Å². The van der Waals surface area contributed by atoms with Gasteiger partial charge in [-0.15, -0.1) is 0 Å². The molecule has 2 heterocycles. The second-order valence-corrected chi connectivity index (χ2v) is 5.26. The highest BCUT2D eigenvalue weighted by Gasteiger charge is 2.37. The summed E-state index contributed by atoms with van der Waals surface area (Å²) in [5.74, 6) is -0.725. The van der Waals surface area contributed by atoms with Crippen LogP contribution in [-0.2, 0) is 11.3 Å². The van der Waals surface area contributed by atoms with Gasteiger partial charge < -0.3 is 10.2 Å². The normalized spacial score (nSPS) is 20.0. The van der Waals surface area contributed by atoms with Crippen molar-refractivity contribution in [2.24, 2.45) is 0 Å². The van der Waals surface area contributed by atoms with Crippen LogP contribution in [0.25, 0.3) is 0 Å². The molecule has 0 spiro atoms. The second-order valence-electron chi connectivity index (χ2n) is 5.26. The zero-order valence-electron chi connectivity index (χ0n) is 11.8. The van der Waals surface area contributed by atoms with Gasteiger partial charge in [0.05, 0.1) is 11.9 Å². The number of hydrogen-bond donors (Lipinski definition) is 1. The van der Waals surface area contributed by atoms with Crippen molar-refractivity contribution in [1.29, 1.82) is 0 Å². The predicted molar refractivity (Wildman–Crippen MR) is 67.6 cm³/mol. The van der Waals surface area contributed by atoms with Crippen molar-refractivity contribution in [3.05, 3.63) is 12.4 Å². The lowest BCUT2D eigenvalue weighted by Gasteiger charge is -2.33. The number of rotatable bonds is 4. The molecule has 0 unspecified atom stereocenters. The number of piperidine rings is 1. The monoisotopic (exact) mass is 344 g/mol. The summed E-state index contributed by atoms with van der Waals surface area (Å²) in [5.41, 5.74) is 0.154. The van der Waals surface area contributed by atoms with Crippen molar-refractivity contribution < 1.29 is 31.1 Å². The number of nitrogens with zero attached hydrogens (tertiary/aromatic N) is 3. The maximum atomic E-state index is 12.4. The summed E-state index contributed by atoms with van der Waals surface area (Å²) in [6, 6.07) is -0.908. The first-order chi connectivity index (χ1) is 10.5. The lowest BCUT2D eigenvalue weighted by Crippen LogP contribution is -2.50. The SMILES string of the molecule is O=C1[C@@H](Nc2cnn(CC(F)(F)F)c2)CCCN1CC(F)(F)F. The van der Waals surface area contributed by atoms with Crippen LogP contribution in [0.2, 0.25) is 0 Å². The largest absolute Gasteiger partial charge is 0.408 e. The Bertz CT molecular complexity index is 552. The molecule has 0 radical (unpaired) electrons. The highest BCUT2D eigenvalue weighted by atomic mass is 19.4. The van der Waals surface area contributed by atoms with E-state index in [0.29, 0.717) is 22.4 Å². The van der Waals surface area contributed by atoms with Crippen molar-refractivity contribution in [2.45, 2.75) is 37.8 Å². The van der Waals surface area contributed by atoms with E-state index in [9.17, 15) is 31.1 Å². The average molecular weight is 344 g/mol. The first-order valence-corrected chi connectivity index (χ1v) is 6.75. The molecule has 1 aliphatic rings. The van der Waals surface area contributed by atoms with Crippen molar-refractivity contribution in [2.75, 3.05) is 18.4 Å². The lowest BCUT2D eigenvalue weighted by atomic mass is 10.0. The fraction of sp³-hybridized carbons (Fsp3) is 0.667. The molecule has 2 rings (SSSR count). The molecule has 130 valence electrons. The molecule has 1 fully saturated rings. The number of carbonyl (C=O) groups excluding carboxylic acids is 1. The van der Waals surface area contributed by atoms with Gasteiger partial charge in [0.25, 0.3) is 0 Å². The Morgan fingerprint density at radius 3 is 2.43 bits per heavy atom.